The van der Waals surface area contributed by atoms with Gasteiger partial charge in [0, 0.05) is 11.3 Å². The Hall–Kier alpha value is -2.29. The SMILES string of the molecule is COc1ccc(C)cc1CC(=O)Nc1ccccc1C. The molecule has 0 spiro atoms. The largest absolute Gasteiger partial charge is 0.496 e. The van der Waals surface area contributed by atoms with E-state index in [1.165, 1.54) is 0 Å². The third kappa shape index (κ3) is 3.38. The number of aryl methyl sites for hydroxylation is 2. The predicted octanol–water partition coefficient (Wildman–Crippen LogP) is 3.49. The number of anilines is 1. The third-order valence-corrected chi connectivity index (χ3v) is 3.21. The minimum absolute atomic E-state index is 0.0387. The van der Waals surface area contributed by atoms with Gasteiger partial charge in [0.2, 0.25) is 5.91 Å². The van der Waals surface area contributed by atoms with Gasteiger partial charge in [0.25, 0.3) is 0 Å². The molecule has 20 heavy (non-hydrogen) atoms. The first kappa shape index (κ1) is 14.1. The molecule has 104 valence electrons. The molecule has 0 unspecified atom stereocenters. The number of ether oxygens (including phenoxy) is 1. The number of carbonyl (C=O) groups is 1. The number of hydrogen-bond acceptors (Lipinski definition) is 2. The molecule has 0 aliphatic heterocycles. The van der Waals surface area contributed by atoms with E-state index in [9.17, 15) is 4.79 Å². The first-order chi connectivity index (χ1) is 9.60. The zero-order valence-corrected chi connectivity index (χ0v) is 12.1. The summed E-state index contributed by atoms with van der Waals surface area (Å²) in [6.45, 7) is 3.98. The maximum Gasteiger partial charge on any atom is 0.228 e. The molecule has 2 rings (SSSR count). The summed E-state index contributed by atoms with van der Waals surface area (Å²) in [4.78, 5) is 12.1. The summed E-state index contributed by atoms with van der Waals surface area (Å²) in [5.41, 5.74) is 3.92. The Kier molecular flexibility index (Phi) is 4.41. The van der Waals surface area contributed by atoms with Gasteiger partial charge in [-0.05, 0) is 31.5 Å². The van der Waals surface area contributed by atoms with E-state index in [1.807, 2.05) is 56.3 Å². The summed E-state index contributed by atoms with van der Waals surface area (Å²) >= 11 is 0. The maximum absolute atomic E-state index is 12.1. The third-order valence-electron chi connectivity index (χ3n) is 3.21. The second-order valence-corrected chi connectivity index (χ2v) is 4.86. The van der Waals surface area contributed by atoms with Crippen LogP contribution in [0, 0.1) is 13.8 Å². The summed E-state index contributed by atoms with van der Waals surface area (Å²) < 4.78 is 5.30. The van der Waals surface area contributed by atoms with Gasteiger partial charge in [0.1, 0.15) is 5.75 Å². The fourth-order valence-corrected chi connectivity index (χ4v) is 2.13. The van der Waals surface area contributed by atoms with Gasteiger partial charge in [-0.25, -0.2) is 0 Å². The molecule has 1 amide bonds. The van der Waals surface area contributed by atoms with Gasteiger partial charge in [0.15, 0.2) is 0 Å². The lowest BCUT2D eigenvalue weighted by Crippen LogP contribution is -2.15. The molecule has 0 aliphatic carbocycles. The topological polar surface area (TPSA) is 38.3 Å². The molecule has 0 saturated carbocycles. The first-order valence-electron chi connectivity index (χ1n) is 6.59. The summed E-state index contributed by atoms with van der Waals surface area (Å²) in [6.07, 6.45) is 0.305. The second kappa shape index (κ2) is 6.24. The number of hydrogen-bond donors (Lipinski definition) is 1. The molecule has 1 N–H and O–H groups in total. The highest BCUT2D eigenvalue weighted by atomic mass is 16.5. The lowest BCUT2D eigenvalue weighted by atomic mass is 10.1. The van der Waals surface area contributed by atoms with Crippen molar-refractivity contribution in [1.29, 1.82) is 0 Å². The normalized spacial score (nSPS) is 10.2. The van der Waals surface area contributed by atoms with Gasteiger partial charge in [-0.1, -0.05) is 35.9 Å². The molecular formula is C17H19NO2. The zero-order chi connectivity index (χ0) is 14.5. The molecule has 3 nitrogen and oxygen atoms in total. The molecule has 0 atom stereocenters. The van der Waals surface area contributed by atoms with Crippen LogP contribution in [0.15, 0.2) is 42.5 Å². The Morgan fingerprint density at radius 2 is 1.90 bits per heavy atom. The number of carbonyl (C=O) groups excluding carboxylic acids is 1. The molecule has 2 aromatic carbocycles. The monoisotopic (exact) mass is 269 g/mol. The lowest BCUT2D eigenvalue weighted by Gasteiger charge is -2.11. The Labute approximate surface area is 119 Å². The van der Waals surface area contributed by atoms with Crippen molar-refractivity contribution in [3.05, 3.63) is 59.2 Å². The number of amides is 1. The van der Waals surface area contributed by atoms with Crippen LogP contribution in [0.3, 0.4) is 0 Å². The van der Waals surface area contributed by atoms with Gasteiger partial charge < -0.3 is 10.1 Å². The quantitative estimate of drug-likeness (QED) is 0.922. The van der Waals surface area contributed by atoms with Crippen molar-refractivity contribution >= 4 is 11.6 Å². The molecule has 0 aliphatic rings. The van der Waals surface area contributed by atoms with Crippen molar-refractivity contribution in [2.45, 2.75) is 20.3 Å². The van der Waals surface area contributed by atoms with Crippen molar-refractivity contribution < 1.29 is 9.53 Å². The van der Waals surface area contributed by atoms with E-state index in [0.29, 0.717) is 6.42 Å². The minimum Gasteiger partial charge on any atom is -0.496 e. The lowest BCUT2D eigenvalue weighted by molar-refractivity contribution is -0.115. The molecule has 0 fully saturated rings. The average molecular weight is 269 g/mol. The fourth-order valence-electron chi connectivity index (χ4n) is 2.13. The van der Waals surface area contributed by atoms with E-state index in [2.05, 4.69) is 5.32 Å². The average Bonchev–Trinajstić information content (AvgIpc) is 2.41. The Bertz CT molecular complexity index is 620. The standard InChI is InChI=1S/C17H19NO2/c1-12-8-9-16(20-3)14(10-12)11-17(19)18-15-7-5-4-6-13(15)2/h4-10H,11H2,1-3H3,(H,18,19). The van der Waals surface area contributed by atoms with E-state index in [-0.39, 0.29) is 5.91 Å². The van der Waals surface area contributed by atoms with Crippen molar-refractivity contribution in [3.8, 4) is 5.75 Å². The maximum atomic E-state index is 12.1. The van der Waals surface area contributed by atoms with Crippen LogP contribution in [0.25, 0.3) is 0 Å². The summed E-state index contributed by atoms with van der Waals surface area (Å²) in [7, 11) is 1.62. The molecule has 0 radical (unpaired) electrons. The highest BCUT2D eigenvalue weighted by Gasteiger charge is 2.10. The molecule has 0 heterocycles. The smallest absolute Gasteiger partial charge is 0.228 e. The van der Waals surface area contributed by atoms with Gasteiger partial charge in [0.05, 0.1) is 13.5 Å². The van der Waals surface area contributed by atoms with Crippen LogP contribution in [-0.4, -0.2) is 13.0 Å². The molecule has 3 heteroatoms. The van der Waals surface area contributed by atoms with Gasteiger partial charge >= 0.3 is 0 Å². The van der Waals surface area contributed by atoms with Crippen LogP contribution in [0.1, 0.15) is 16.7 Å². The van der Waals surface area contributed by atoms with E-state index >= 15 is 0 Å². The van der Waals surface area contributed by atoms with Gasteiger partial charge in [-0.2, -0.15) is 0 Å². The number of nitrogens with one attached hydrogen (secondary N) is 1. The summed E-state index contributed by atoms with van der Waals surface area (Å²) in [5, 5.41) is 2.93. The number of benzene rings is 2. The summed E-state index contributed by atoms with van der Waals surface area (Å²) in [5.74, 6) is 0.707. The molecule has 0 saturated heterocycles. The van der Waals surface area contributed by atoms with E-state index < -0.39 is 0 Å². The summed E-state index contributed by atoms with van der Waals surface area (Å²) in [6, 6.07) is 13.6. The van der Waals surface area contributed by atoms with Crippen LogP contribution in [-0.2, 0) is 11.2 Å². The highest BCUT2D eigenvalue weighted by Crippen LogP contribution is 2.21. The van der Waals surface area contributed by atoms with Crippen LogP contribution in [0.2, 0.25) is 0 Å². The molecule has 2 aromatic rings. The second-order valence-electron chi connectivity index (χ2n) is 4.86. The number of para-hydroxylation sites is 1. The Morgan fingerprint density at radius 1 is 1.15 bits per heavy atom. The van der Waals surface area contributed by atoms with Crippen LogP contribution in [0.5, 0.6) is 5.75 Å². The van der Waals surface area contributed by atoms with E-state index in [4.69, 9.17) is 4.74 Å². The predicted molar refractivity (Wildman–Crippen MR) is 81.2 cm³/mol. The molecular weight excluding hydrogens is 250 g/mol. The van der Waals surface area contributed by atoms with E-state index in [1.54, 1.807) is 7.11 Å². The zero-order valence-electron chi connectivity index (χ0n) is 12.1. The van der Waals surface area contributed by atoms with Gasteiger partial charge in [-0.3, -0.25) is 4.79 Å². The van der Waals surface area contributed by atoms with E-state index in [0.717, 1.165) is 28.1 Å². The Morgan fingerprint density at radius 3 is 2.60 bits per heavy atom. The van der Waals surface area contributed by atoms with Crippen LogP contribution in [0.4, 0.5) is 5.69 Å². The number of methoxy groups -OCH3 is 1. The fraction of sp³-hybridized carbons (Fsp3) is 0.235. The van der Waals surface area contributed by atoms with Crippen molar-refractivity contribution in [3.63, 3.8) is 0 Å². The van der Waals surface area contributed by atoms with Crippen molar-refractivity contribution in [2.75, 3.05) is 12.4 Å². The van der Waals surface area contributed by atoms with Crippen molar-refractivity contribution in [2.24, 2.45) is 0 Å². The molecule has 0 bridgehead atoms. The Balaban J connectivity index is 2.12. The van der Waals surface area contributed by atoms with Crippen LogP contribution < -0.4 is 10.1 Å². The van der Waals surface area contributed by atoms with Crippen LogP contribution >= 0.6 is 0 Å². The van der Waals surface area contributed by atoms with Crippen molar-refractivity contribution in [1.82, 2.24) is 0 Å². The van der Waals surface area contributed by atoms with Gasteiger partial charge in [-0.15, -0.1) is 0 Å². The minimum atomic E-state index is -0.0387. The highest BCUT2D eigenvalue weighted by molar-refractivity contribution is 5.93. The number of rotatable bonds is 4. The first-order valence-corrected chi connectivity index (χ1v) is 6.59. The molecule has 0 aromatic heterocycles.